The van der Waals surface area contributed by atoms with Crippen molar-refractivity contribution in [3.63, 3.8) is 0 Å². The molecule has 8 nitrogen and oxygen atoms in total. The minimum absolute atomic E-state index is 0.00260. The third-order valence-electron chi connectivity index (χ3n) is 2.32. The van der Waals surface area contributed by atoms with Gasteiger partial charge in [-0.1, -0.05) is 5.21 Å². The van der Waals surface area contributed by atoms with Crippen molar-refractivity contribution < 1.29 is 14.7 Å². The van der Waals surface area contributed by atoms with Crippen molar-refractivity contribution in [1.82, 2.24) is 25.9 Å². The number of aromatic amines is 1. The smallest absolute Gasteiger partial charge is 0.331 e. The number of nitrogens with zero attached hydrogens (tertiary/aromatic N) is 3. The second-order valence-corrected chi connectivity index (χ2v) is 3.52. The molecule has 1 amide bonds. The summed E-state index contributed by atoms with van der Waals surface area (Å²) in [5.74, 6) is -1.26. The number of rotatable bonds is 4. The summed E-state index contributed by atoms with van der Waals surface area (Å²) in [4.78, 5) is 22.4. The van der Waals surface area contributed by atoms with Crippen LogP contribution in [0.3, 0.4) is 0 Å². The number of aromatic nitrogens is 4. The highest BCUT2D eigenvalue weighted by atomic mass is 16.4. The summed E-state index contributed by atoms with van der Waals surface area (Å²) in [6.07, 6.45) is 0. The van der Waals surface area contributed by atoms with Gasteiger partial charge in [0, 0.05) is 11.1 Å². The highest BCUT2D eigenvalue weighted by Crippen LogP contribution is 2.08. The molecular formula is C9H13N5O3. The first-order valence-corrected chi connectivity index (χ1v) is 4.88. The van der Waals surface area contributed by atoms with Gasteiger partial charge in [-0.3, -0.25) is 4.79 Å². The van der Waals surface area contributed by atoms with E-state index < -0.39 is 17.9 Å². The van der Waals surface area contributed by atoms with Crippen molar-refractivity contribution in [2.24, 2.45) is 0 Å². The van der Waals surface area contributed by atoms with E-state index in [-0.39, 0.29) is 11.1 Å². The second kappa shape index (κ2) is 5.19. The Balaban J connectivity index is 2.74. The van der Waals surface area contributed by atoms with Gasteiger partial charge < -0.3 is 10.4 Å². The molecule has 1 atom stereocenters. The highest BCUT2D eigenvalue weighted by molar-refractivity contribution is 6.01. The van der Waals surface area contributed by atoms with Gasteiger partial charge in [-0.15, -0.1) is 10.2 Å². The number of tetrazole rings is 1. The van der Waals surface area contributed by atoms with Crippen molar-refractivity contribution >= 4 is 11.9 Å². The van der Waals surface area contributed by atoms with Crippen molar-refractivity contribution in [2.45, 2.75) is 26.8 Å². The summed E-state index contributed by atoms with van der Waals surface area (Å²) in [7, 11) is 0. The van der Waals surface area contributed by atoms with E-state index in [0.29, 0.717) is 5.82 Å². The lowest BCUT2D eigenvalue weighted by atomic mass is 10.1. The number of nitrogens with one attached hydrogen (secondary N) is 2. The van der Waals surface area contributed by atoms with Crippen LogP contribution < -0.4 is 5.32 Å². The SMILES string of the molecule is C/C(C(=O)O)=C(\C)C(=O)NC(C)c1nn[nH]n1. The van der Waals surface area contributed by atoms with Gasteiger partial charge in [0.15, 0.2) is 5.82 Å². The van der Waals surface area contributed by atoms with Crippen LogP contribution in [0.4, 0.5) is 0 Å². The molecule has 1 aromatic rings. The normalized spacial score (nSPS) is 13.8. The lowest BCUT2D eigenvalue weighted by Crippen LogP contribution is -2.29. The molecule has 0 aromatic carbocycles. The molecule has 1 aromatic heterocycles. The van der Waals surface area contributed by atoms with E-state index in [1.54, 1.807) is 6.92 Å². The van der Waals surface area contributed by atoms with Crippen LogP contribution in [0.1, 0.15) is 32.6 Å². The Bertz CT molecular complexity index is 451. The van der Waals surface area contributed by atoms with E-state index in [2.05, 4.69) is 25.9 Å². The van der Waals surface area contributed by atoms with Gasteiger partial charge >= 0.3 is 5.97 Å². The van der Waals surface area contributed by atoms with Crippen LogP contribution >= 0.6 is 0 Å². The van der Waals surface area contributed by atoms with Gasteiger partial charge in [0.1, 0.15) is 0 Å². The number of carboxylic acid groups (broad SMARTS) is 1. The molecule has 0 aliphatic heterocycles. The molecule has 1 rings (SSSR count). The average molecular weight is 239 g/mol. The van der Waals surface area contributed by atoms with Gasteiger partial charge in [0.05, 0.1) is 6.04 Å². The lowest BCUT2D eigenvalue weighted by molar-refractivity contribution is -0.133. The largest absolute Gasteiger partial charge is 0.478 e. The maximum Gasteiger partial charge on any atom is 0.331 e. The molecule has 0 bridgehead atoms. The van der Waals surface area contributed by atoms with Crippen LogP contribution in [0.25, 0.3) is 0 Å². The maximum atomic E-state index is 11.7. The predicted molar refractivity (Wildman–Crippen MR) is 56.7 cm³/mol. The van der Waals surface area contributed by atoms with E-state index in [1.165, 1.54) is 13.8 Å². The Morgan fingerprint density at radius 3 is 2.47 bits per heavy atom. The number of aliphatic carboxylic acids is 1. The fraction of sp³-hybridized carbons (Fsp3) is 0.444. The lowest BCUT2D eigenvalue weighted by Gasteiger charge is -2.10. The Kier molecular flexibility index (Phi) is 3.91. The van der Waals surface area contributed by atoms with E-state index in [0.717, 1.165) is 0 Å². The third-order valence-corrected chi connectivity index (χ3v) is 2.32. The van der Waals surface area contributed by atoms with E-state index in [9.17, 15) is 9.59 Å². The van der Waals surface area contributed by atoms with Crippen LogP contribution in [-0.2, 0) is 9.59 Å². The zero-order valence-corrected chi connectivity index (χ0v) is 9.68. The van der Waals surface area contributed by atoms with Crippen LogP contribution in [0, 0.1) is 0 Å². The summed E-state index contributed by atoms with van der Waals surface area (Å²) < 4.78 is 0. The minimum atomic E-state index is -1.12. The van der Waals surface area contributed by atoms with Crippen molar-refractivity contribution in [3.05, 3.63) is 17.0 Å². The number of carbonyl (C=O) groups is 2. The van der Waals surface area contributed by atoms with E-state index in [4.69, 9.17) is 5.11 Å². The molecule has 0 saturated heterocycles. The van der Waals surface area contributed by atoms with Crippen LogP contribution in [0.5, 0.6) is 0 Å². The first-order valence-electron chi connectivity index (χ1n) is 4.88. The fourth-order valence-corrected chi connectivity index (χ4v) is 1.05. The number of carboxylic acids is 1. The molecule has 0 radical (unpaired) electrons. The van der Waals surface area contributed by atoms with Crippen LogP contribution in [0.2, 0.25) is 0 Å². The summed E-state index contributed by atoms with van der Waals surface area (Å²) in [5, 5.41) is 24.4. The third kappa shape index (κ3) is 3.10. The molecule has 1 unspecified atom stereocenters. The van der Waals surface area contributed by atoms with Crippen LogP contribution in [0.15, 0.2) is 11.1 Å². The zero-order chi connectivity index (χ0) is 13.0. The molecule has 17 heavy (non-hydrogen) atoms. The number of hydrogen-bond donors (Lipinski definition) is 3. The monoisotopic (exact) mass is 239 g/mol. The Labute approximate surface area is 97.1 Å². The van der Waals surface area contributed by atoms with Crippen LogP contribution in [-0.4, -0.2) is 37.6 Å². The summed E-state index contributed by atoms with van der Waals surface area (Å²) in [5.41, 5.74) is 0.149. The average Bonchev–Trinajstić information content (AvgIpc) is 2.80. The fourth-order valence-electron chi connectivity index (χ4n) is 1.05. The zero-order valence-electron chi connectivity index (χ0n) is 9.68. The topological polar surface area (TPSA) is 121 Å². The Morgan fingerprint density at radius 2 is 2.00 bits per heavy atom. The molecule has 0 fully saturated rings. The van der Waals surface area contributed by atoms with Gasteiger partial charge in [-0.25, -0.2) is 4.79 Å². The molecule has 0 aliphatic rings. The van der Waals surface area contributed by atoms with Gasteiger partial charge in [-0.2, -0.15) is 5.21 Å². The molecule has 0 spiro atoms. The Hall–Kier alpha value is -2.25. The minimum Gasteiger partial charge on any atom is -0.478 e. The summed E-state index contributed by atoms with van der Waals surface area (Å²) >= 11 is 0. The molecule has 3 N–H and O–H groups in total. The van der Waals surface area contributed by atoms with Gasteiger partial charge in [-0.05, 0) is 20.8 Å². The summed E-state index contributed by atoms with van der Waals surface area (Å²) in [6, 6.07) is -0.446. The summed E-state index contributed by atoms with van der Waals surface area (Å²) in [6.45, 7) is 4.49. The predicted octanol–water partition coefficient (Wildman–Crippen LogP) is -0.202. The van der Waals surface area contributed by atoms with Crippen molar-refractivity contribution in [3.8, 4) is 0 Å². The number of amides is 1. The van der Waals surface area contributed by atoms with Gasteiger partial charge in [0.25, 0.3) is 0 Å². The highest BCUT2D eigenvalue weighted by Gasteiger charge is 2.17. The molecule has 1 heterocycles. The first kappa shape index (κ1) is 12.8. The van der Waals surface area contributed by atoms with Crippen molar-refractivity contribution in [2.75, 3.05) is 0 Å². The quantitative estimate of drug-likeness (QED) is 0.625. The maximum absolute atomic E-state index is 11.7. The van der Waals surface area contributed by atoms with E-state index >= 15 is 0 Å². The molecule has 0 saturated carbocycles. The Morgan fingerprint density at radius 1 is 1.35 bits per heavy atom. The van der Waals surface area contributed by atoms with Crippen molar-refractivity contribution in [1.29, 1.82) is 0 Å². The molecule has 8 heteroatoms. The number of H-pyrrole nitrogens is 1. The number of hydrogen-bond acceptors (Lipinski definition) is 5. The molecular weight excluding hydrogens is 226 g/mol. The van der Waals surface area contributed by atoms with E-state index in [1.807, 2.05) is 0 Å². The standard InChI is InChI=1S/C9H13N5O3/c1-4(5(2)9(16)17)8(15)10-6(3)7-11-13-14-12-7/h6H,1-3H3,(H,10,15)(H,16,17)(H,11,12,13,14)/b5-4-. The van der Waals surface area contributed by atoms with Gasteiger partial charge in [0.2, 0.25) is 5.91 Å². The first-order chi connectivity index (χ1) is 7.93. The molecule has 92 valence electrons. The number of carbonyl (C=O) groups excluding carboxylic acids is 1. The second-order valence-electron chi connectivity index (χ2n) is 3.52. The molecule has 0 aliphatic carbocycles.